The molecule has 2 heterocycles. The minimum absolute atomic E-state index is 0.0216. The van der Waals surface area contributed by atoms with Gasteiger partial charge in [0.05, 0.1) is 0 Å². The van der Waals surface area contributed by atoms with Gasteiger partial charge in [0.25, 0.3) is 15.9 Å². The fraction of sp³-hybridized carbons (Fsp3) is 0.300. The third-order valence-electron chi connectivity index (χ3n) is 5.23. The summed E-state index contributed by atoms with van der Waals surface area (Å²) in [6, 6.07) is 9.33. The Morgan fingerprint density at radius 1 is 1.16 bits per heavy atom. The van der Waals surface area contributed by atoms with E-state index >= 15 is 0 Å². The molecule has 0 radical (unpaired) electrons. The van der Waals surface area contributed by atoms with Crippen LogP contribution in [0.15, 0.2) is 53.7 Å². The number of likely N-dealkylation sites (tertiary alicyclic amines) is 1. The molecule has 4 rings (SSSR count). The van der Waals surface area contributed by atoms with Gasteiger partial charge < -0.3 is 0 Å². The van der Waals surface area contributed by atoms with Crippen molar-refractivity contribution >= 4 is 26.7 Å². The molecular weight excluding hydrogens is 468 g/mol. The zero-order chi connectivity index (χ0) is 22.9. The van der Waals surface area contributed by atoms with E-state index in [4.69, 9.17) is 0 Å². The topological polar surface area (TPSA) is 75.2 Å². The molecule has 0 aliphatic carbocycles. The summed E-state index contributed by atoms with van der Waals surface area (Å²) >= 11 is 0.743. The van der Waals surface area contributed by atoms with E-state index in [2.05, 4.69) is 9.36 Å². The van der Waals surface area contributed by atoms with E-state index in [0.29, 0.717) is 11.6 Å². The highest BCUT2D eigenvalue weighted by Crippen LogP contribution is 2.40. The first kappa shape index (κ1) is 22.6. The molecule has 1 atom stereocenters. The summed E-state index contributed by atoms with van der Waals surface area (Å²) < 4.78 is 88.2. The molecule has 1 N–H and O–H groups in total. The minimum Gasteiger partial charge on any atom is -0.292 e. The number of hydrogen-bond acceptors (Lipinski definition) is 6. The summed E-state index contributed by atoms with van der Waals surface area (Å²) in [5.41, 5.74) is 0.525. The van der Waals surface area contributed by atoms with Crippen LogP contribution in [0.3, 0.4) is 0 Å². The highest BCUT2D eigenvalue weighted by atomic mass is 32.2. The van der Waals surface area contributed by atoms with Crippen LogP contribution in [0.1, 0.15) is 30.0 Å². The van der Waals surface area contributed by atoms with Gasteiger partial charge in [0.15, 0.2) is 0 Å². The van der Waals surface area contributed by atoms with Crippen LogP contribution in [0.5, 0.6) is 0 Å². The maximum Gasteiger partial charge on any atom is 0.266 e. The first-order valence-electron chi connectivity index (χ1n) is 9.59. The van der Waals surface area contributed by atoms with Crippen molar-refractivity contribution < 1.29 is 26.0 Å². The van der Waals surface area contributed by atoms with Crippen LogP contribution in [0, 0.1) is 11.6 Å². The van der Waals surface area contributed by atoms with Crippen molar-refractivity contribution in [3.63, 3.8) is 0 Å². The number of aromatic nitrogens is 2. The maximum absolute atomic E-state index is 14.8. The molecular formula is C20H18F4N4O2S2. The molecule has 0 saturated carbocycles. The second-order valence-corrected chi connectivity index (χ2v) is 9.86. The van der Waals surface area contributed by atoms with Gasteiger partial charge in [-0.15, -0.1) is 0 Å². The van der Waals surface area contributed by atoms with Crippen LogP contribution in [0.25, 0.3) is 0 Å². The minimum atomic E-state index is -4.43. The van der Waals surface area contributed by atoms with E-state index in [9.17, 15) is 26.0 Å². The Labute approximate surface area is 186 Å². The van der Waals surface area contributed by atoms with Crippen LogP contribution in [-0.2, 0) is 16.6 Å². The SMILES string of the molecule is O=S(=O)(Nc1ncns1)c1cc(F)c(CN2CCC(F)(F)C[C@@H]2c2ccccc2)cc1F. The van der Waals surface area contributed by atoms with E-state index in [1.165, 1.54) is 0 Å². The Bertz CT molecular complexity index is 1190. The number of nitrogens with zero attached hydrogens (tertiary/aromatic N) is 3. The van der Waals surface area contributed by atoms with E-state index in [-0.39, 0.29) is 23.8 Å². The number of sulfonamides is 1. The largest absolute Gasteiger partial charge is 0.292 e. The molecule has 1 fully saturated rings. The quantitative estimate of drug-likeness (QED) is 0.516. The fourth-order valence-corrected chi connectivity index (χ4v) is 5.41. The molecule has 1 aliphatic rings. The van der Waals surface area contributed by atoms with Crippen LogP contribution in [-0.4, -0.2) is 35.1 Å². The third-order valence-corrected chi connectivity index (χ3v) is 7.29. The Balaban J connectivity index is 1.60. The van der Waals surface area contributed by atoms with E-state index in [1.54, 1.807) is 35.2 Å². The normalized spacial score (nSPS) is 19.1. The molecule has 0 spiro atoms. The molecule has 2 aromatic carbocycles. The Morgan fingerprint density at radius 2 is 1.91 bits per heavy atom. The van der Waals surface area contributed by atoms with Gasteiger partial charge in [0, 0.05) is 49.1 Å². The lowest BCUT2D eigenvalue weighted by Crippen LogP contribution is -2.41. The molecule has 3 aromatic rings. The first-order chi connectivity index (χ1) is 15.1. The highest BCUT2D eigenvalue weighted by molar-refractivity contribution is 7.93. The lowest BCUT2D eigenvalue weighted by molar-refractivity contribution is -0.0816. The predicted molar refractivity (Wildman–Crippen MR) is 111 cm³/mol. The second-order valence-electron chi connectivity index (χ2n) is 7.43. The van der Waals surface area contributed by atoms with Crippen molar-refractivity contribution in [2.24, 2.45) is 0 Å². The predicted octanol–water partition coefficient (Wildman–Crippen LogP) is 4.59. The third kappa shape index (κ3) is 4.92. The van der Waals surface area contributed by atoms with E-state index in [1.807, 2.05) is 4.72 Å². The average molecular weight is 487 g/mol. The van der Waals surface area contributed by atoms with Gasteiger partial charge in [-0.2, -0.15) is 4.37 Å². The van der Waals surface area contributed by atoms with Crippen LogP contribution < -0.4 is 4.72 Å². The van der Waals surface area contributed by atoms with Gasteiger partial charge in [-0.3, -0.25) is 9.62 Å². The summed E-state index contributed by atoms with van der Waals surface area (Å²) in [5.74, 6) is -4.97. The standard InChI is InChI=1S/C20H18F4N4O2S2/c21-15-9-18(32(29,30)27-19-25-12-26-31-19)16(22)8-14(15)11-28-7-6-20(23,24)10-17(28)13-4-2-1-3-5-13/h1-5,8-9,12,17H,6-7,10-11H2,(H,25,26,27)/t17-/m1/s1. The molecule has 1 saturated heterocycles. The van der Waals surface area contributed by atoms with E-state index in [0.717, 1.165) is 23.9 Å². The zero-order valence-electron chi connectivity index (χ0n) is 16.5. The van der Waals surface area contributed by atoms with Crippen molar-refractivity contribution in [2.45, 2.75) is 36.2 Å². The number of rotatable bonds is 6. The fourth-order valence-electron chi connectivity index (χ4n) is 3.67. The molecule has 1 aliphatic heterocycles. The number of benzene rings is 2. The van der Waals surface area contributed by atoms with Gasteiger partial charge in [0.2, 0.25) is 5.13 Å². The van der Waals surface area contributed by atoms with Gasteiger partial charge in [-0.25, -0.2) is 31.0 Å². The summed E-state index contributed by atoms with van der Waals surface area (Å²) in [6.45, 7) is -0.172. The van der Waals surface area contributed by atoms with Gasteiger partial charge in [-0.05, 0) is 17.7 Å². The Morgan fingerprint density at radius 3 is 2.59 bits per heavy atom. The van der Waals surface area contributed by atoms with Crippen LogP contribution in [0.2, 0.25) is 0 Å². The Hall–Kier alpha value is -2.57. The van der Waals surface area contributed by atoms with Crippen LogP contribution >= 0.6 is 11.5 Å². The second kappa shape index (κ2) is 8.75. The van der Waals surface area contributed by atoms with Crippen molar-refractivity contribution in [1.29, 1.82) is 0 Å². The number of hydrogen-bond donors (Lipinski definition) is 1. The van der Waals surface area contributed by atoms with Crippen molar-refractivity contribution in [3.05, 3.63) is 71.6 Å². The van der Waals surface area contributed by atoms with Crippen molar-refractivity contribution in [2.75, 3.05) is 11.3 Å². The Kier molecular flexibility index (Phi) is 6.19. The molecule has 0 amide bonds. The summed E-state index contributed by atoms with van der Waals surface area (Å²) in [4.78, 5) is 4.43. The number of piperidine rings is 1. The summed E-state index contributed by atoms with van der Waals surface area (Å²) in [5, 5.41) is -0.0890. The lowest BCUT2D eigenvalue weighted by atomic mass is 9.92. The summed E-state index contributed by atoms with van der Waals surface area (Å²) in [6.07, 6.45) is 0.270. The lowest BCUT2D eigenvalue weighted by Gasteiger charge is -2.39. The average Bonchev–Trinajstić information content (AvgIpc) is 3.24. The first-order valence-corrected chi connectivity index (χ1v) is 11.8. The number of nitrogens with one attached hydrogen (secondary N) is 1. The monoisotopic (exact) mass is 486 g/mol. The van der Waals surface area contributed by atoms with Gasteiger partial charge in [-0.1, -0.05) is 30.3 Å². The molecule has 1 aromatic heterocycles. The van der Waals surface area contributed by atoms with Crippen LogP contribution in [0.4, 0.5) is 22.7 Å². The molecule has 0 unspecified atom stereocenters. The number of alkyl halides is 2. The summed E-state index contributed by atoms with van der Waals surface area (Å²) in [7, 11) is -4.43. The molecule has 0 bridgehead atoms. The molecule has 170 valence electrons. The molecule has 12 heteroatoms. The van der Waals surface area contributed by atoms with E-state index < -0.39 is 51.4 Å². The van der Waals surface area contributed by atoms with Crippen molar-refractivity contribution in [1.82, 2.24) is 14.3 Å². The van der Waals surface area contributed by atoms with Gasteiger partial charge in [0.1, 0.15) is 22.9 Å². The smallest absolute Gasteiger partial charge is 0.266 e. The number of anilines is 1. The highest BCUT2D eigenvalue weighted by Gasteiger charge is 2.41. The maximum atomic E-state index is 14.8. The zero-order valence-corrected chi connectivity index (χ0v) is 18.1. The molecule has 32 heavy (non-hydrogen) atoms. The van der Waals surface area contributed by atoms with Crippen molar-refractivity contribution in [3.8, 4) is 0 Å². The number of halogens is 4. The molecule has 6 nitrogen and oxygen atoms in total. The van der Waals surface area contributed by atoms with Gasteiger partial charge >= 0.3 is 0 Å².